The van der Waals surface area contributed by atoms with Gasteiger partial charge in [-0.15, -0.1) is 6.58 Å². The second kappa shape index (κ2) is 11.6. The normalized spacial score (nSPS) is 10.9. The molecule has 0 fully saturated rings. The number of aryl methyl sites for hydroxylation is 3. The first-order valence-corrected chi connectivity index (χ1v) is 12.2. The van der Waals surface area contributed by atoms with Gasteiger partial charge in [-0.05, 0) is 68.1 Å². The number of nitrogens with one attached hydrogen (secondary N) is 1. The number of aromatic nitrogens is 2. The number of methoxy groups -OCH3 is 1. The Hall–Kier alpha value is -4.06. The molecule has 0 aliphatic rings. The summed E-state index contributed by atoms with van der Waals surface area (Å²) in [6.07, 6.45) is 3.43. The molecule has 1 aromatic heterocycles. The number of carbonyl (C=O) groups excluding carboxylic acids is 1. The van der Waals surface area contributed by atoms with Gasteiger partial charge >= 0.3 is 0 Å². The van der Waals surface area contributed by atoms with Crippen molar-refractivity contribution in [1.29, 1.82) is 0 Å². The predicted octanol–water partition coefficient (Wildman–Crippen LogP) is 5.79. The molecular weight excluding hydrogens is 450 g/mol. The maximum absolute atomic E-state index is 12.8. The minimum absolute atomic E-state index is 0.0959. The van der Waals surface area contributed by atoms with Crippen LogP contribution in [0.3, 0.4) is 0 Å². The number of amides is 1. The predicted molar refractivity (Wildman–Crippen MR) is 144 cm³/mol. The number of rotatable bonds is 11. The van der Waals surface area contributed by atoms with Crippen molar-refractivity contribution >= 4 is 16.9 Å². The van der Waals surface area contributed by atoms with Crippen molar-refractivity contribution in [2.75, 3.05) is 13.7 Å². The van der Waals surface area contributed by atoms with Crippen LogP contribution in [0, 0.1) is 13.8 Å². The fraction of sp³-hybridized carbons (Fsp3) is 0.267. The van der Waals surface area contributed by atoms with Crippen molar-refractivity contribution in [1.82, 2.24) is 14.9 Å². The van der Waals surface area contributed by atoms with Crippen molar-refractivity contribution in [2.45, 2.75) is 39.8 Å². The average Bonchev–Trinajstić information content (AvgIpc) is 3.23. The molecule has 0 atom stereocenters. The van der Waals surface area contributed by atoms with E-state index in [1.807, 2.05) is 74.5 Å². The number of benzene rings is 3. The molecule has 0 unspecified atom stereocenters. The lowest BCUT2D eigenvalue weighted by Gasteiger charge is -2.14. The van der Waals surface area contributed by atoms with Crippen LogP contribution in [0.2, 0.25) is 0 Å². The molecular formula is C30H33N3O3. The van der Waals surface area contributed by atoms with Crippen LogP contribution < -0.4 is 14.8 Å². The monoisotopic (exact) mass is 483 g/mol. The largest absolute Gasteiger partial charge is 0.493 e. The van der Waals surface area contributed by atoms with E-state index >= 15 is 0 Å². The van der Waals surface area contributed by atoms with Crippen molar-refractivity contribution in [2.24, 2.45) is 0 Å². The highest BCUT2D eigenvalue weighted by Crippen LogP contribution is 2.28. The first kappa shape index (κ1) is 25.0. The highest BCUT2D eigenvalue weighted by atomic mass is 16.5. The maximum atomic E-state index is 12.8. The van der Waals surface area contributed by atoms with Crippen molar-refractivity contribution in [3.8, 4) is 11.5 Å². The summed E-state index contributed by atoms with van der Waals surface area (Å²) in [5.41, 5.74) is 5.87. The molecule has 6 heteroatoms. The lowest BCUT2D eigenvalue weighted by atomic mass is 10.1. The van der Waals surface area contributed by atoms with Gasteiger partial charge in [0.05, 0.1) is 31.3 Å². The molecule has 0 aliphatic carbocycles. The second-order valence-corrected chi connectivity index (χ2v) is 8.85. The van der Waals surface area contributed by atoms with Gasteiger partial charge in [0.25, 0.3) is 5.91 Å². The smallest absolute Gasteiger partial charge is 0.251 e. The Morgan fingerprint density at radius 3 is 2.69 bits per heavy atom. The van der Waals surface area contributed by atoms with Crippen molar-refractivity contribution < 1.29 is 14.3 Å². The number of allylic oxidation sites excluding steroid dienone is 1. The van der Waals surface area contributed by atoms with E-state index in [-0.39, 0.29) is 5.91 Å². The molecule has 1 N–H and O–H groups in total. The van der Waals surface area contributed by atoms with E-state index in [0.29, 0.717) is 25.3 Å². The van der Waals surface area contributed by atoms with Crippen LogP contribution >= 0.6 is 0 Å². The lowest BCUT2D eigenvalue weighted by molar-refractivity contribution is 0.0949. The number of imidazole rings is 1. The van der Waals surface area contributed by atoms with Crippen LogP contribution in [0.4, 0.5) is 0 Å². The van der Waals surface area contributed by atoms with Gasteiger partial charge in [0, 0.05) is 12.1 Å². The van der Waals surface area contributed by atoms with Crippen LogP contribution in [0.5, 0.6) is 11.5 Å². The molecule has 186 valence electrons. The molecule has 36 heavy (non-hydrogen) atoms. The van der Waals surface area contributed by atoms with E-state index in [4.69, 9.17) is 14.5 Å². The third kappa shape index (κ3) is 5.77. The van der Waals surface area contributed by atoms with Crippen LogP contribution in [0.15, 0.2) is 73.3 Å². The quantitative estimate of drug-likeness (QED) is 0.217. The fourth-order valence-electron chi connectivity index (χ4n) is 4.36. The molecule has 0 radical (unpaired) electrons. The summed E-state index contributed by atoms with van der Waals surface area (Å²) in [6.45, 7) is 9.36. The van der Waals surface area contributed by atoms with Gasteiger partial charge in [0.1, 0.15) is 5.82 Å². The zero-order valence-electron chi connectivity index (χ0n) is 21.2. The Labute approximate surface area is 212 Å². The van der Waals surface area contributed by atoms with E-state index in [1.165, 1.54) is 0 Å². The molecule has 1 heterocycles. The number of carbonyl (C=O) groups is 1. The lowest BCUT2D eigenvalue weighted by Crippen LogP contribution is -2.25. The third-order valence-corrected chi connectivity index (χ3v) is 6.16. The number of nitrogens with zero attached hydrogens (tertiary/aromatic N) is 2. The minimum atomic E-state index is -0.0959. The summed E-state index contributed by atoms with van der Waals surface area (Å²) in [5, 5.41) is 3.05. The molecule has 1 amide bonds. The molecule has 0 spiro atoms. The number of ether oxygens (including phenoxy) is 2. The Balaban J connectivity index is 1.43. The molecule has 0 saturated heterocycles. The van der Waals surface area contributed by atoms with Gasteiger partial charge in [0.2, 0.25) is 0 Å². The first-order chi connectivity index (χ1) is 17.5. The van der Waals surface area contributed by atoms with Gasteiger partial charge in [0.15, 0.2) is 11.5 Å². The topological polar surface area (TPSA) is 65.4 Å². The number of hydrogen-bond donors (Lipinski definition) is 1. The highest BCUT2D eigenvalue weighted by molar-refractivity contribution is 5.95. The van der Waals surface area contributed by atoms with Crippen LogP contribution in [0.25, 0.3) is 11.0 Å². The van der Waals surface area contributed by atoms with E-state index in [9.17, 15) is 4.79 Å². The number of hydrogen-bond acceptors (Lipinski definition) is 4. The van der Waals surface area contributed by atoms with E-state index in [0.717, 1.165) is 57.9 Å². The SMILES string of the molecule is C=CCc1ccc(OCCCn2c(CNC(=O)c3ccc(C)cc3C)nc3ccccc32)c(OC)c1. The molecule has 0 bridgehead atoms. The number of fused-ring (bicyclic) bond motifs is 1. The molecule has 3 aromatic carbocycles. The Morgan fingerprint density at radius 1 is 1.08 bits per heavy atom. The molecule has 0 aliphatic heterocycles. The molecule has 4 aromatic rings. The van der Waals surface area contributed by atoms with Crippen molar-refractivity contribution in [3.63, 3.8) is 0 Å². The number of para-hydroxylation sites is 2. The summed E-state index contributed by atoms with van der Waals surface area (Å²) in [6, 6.07) is 19.8. The van der Waals surface area contributed by atoms with E-state index in [1.54, 1.807) is 7.11 Å². The zero-order chi connectivity index (χ0) is 25.5. The van der Waals surface area contributed by atoms with Gasteiger partial charge in [-0.25, -0.2) is 4.98 Å². The highest BCUT2D eigenvalue weighted by Gasteiger charge is 2.14. The van der Waals surface area contributed by atoms with Crippen LogP contribution in [-0.2, 0) is 19.5 Å². The summed E-state index contributed by atoms with van der Waals surface area (Å²) < 4.78 is 13.7. The van der Waals surface area contributed by atoms with Gasteiger partial charge in [-0.1, -0.05) is 42.0 Å². The fourth-order valence-corrected chi connectivity index (χ4v) is 4.36. The minimum Gasteiger partial charge on any atom is -0.493 e. The van der Waals surface area contributed by atoms with E-state index < -0.39 is 0 Å². The summed E-state index contributed by atoms with van der Waals surface area (Å²) in [5.74, 6) is 2.17. The second-order valence-electron chi connectivity index (χ2n) is 8.85. The molecule has 6 nitrogen and oxygen atoms in total. The Bertz CT molecular complexity index is 1370. The van der Waals surface area contributed by atoms with Gasteiger partial charge in [-0.2, -0.15) is 0 Å². The third-order valence-electron chi connectivity index (χ3n) is 6.16. The maximum Gasteiger partial charge on any atom is 0.251 e. The summed E-state index contributed by atoms with van der Waals surface area (Å²) in [7, 11) is 1.65. The van der Waals surface area contributed by atoms with Gasteiger partial charge < -0.3 is 19.4 Å². The standard InChI is InChI=1S/C30H33N3O3/c1-5-9-23-13-15-27(28(19-23)35-4)36-17-8-16-33-26-11-7-6-10-25(26)32-29(33)20-31-30(34)24-14-12-21(2)18-22(24)3/h5-7,10-15,18-19H,1,8-9,16-17,20H2,2-4H3,(H,31,34). The van der Waals surface area contributed by atoms with E-state index in [2.05, 4.69) is 22.5 Å². The molecule has 4 rings (SSSR count). The molecule has 0 saturated carbocycles. The van der Waals surface area contributed by atoms with Crippen LogP contribution in [-0.4, -0.2) is 29.2 Å². The van der Waals surface area contributed by atoms with Gasteiger partial charge in [-0.3, -0.25) is 4.79 Å². The van der Waals surface area contributed by atoms with Crippen LogP contribution in [0.1, 0.15) is 39.3 Å². The average molecular weight is 484 g/mol. The first-order valence-electron chi connectivity index (χ1n) is 12.2. The summed E-state index contributed by atoms with van der Waals surface area (Å²) in [4.78, 5) is 17.6. The zero-order valence-corrected chi connectivity index (χ0v) is 21.2. The summed E-state index contributed by atoms with van der Waals surface area (Å²) >= 11 is 0. The Morgan fingerprint density at radius 2 is 1.92 bits per heavy atom. The Kier molecular flexibility index (Phi) is 8.06. The van der Waals surface area contributed by atoms with Crippen molar-refractivity contribution in [3.05, 3.63) is 101 Å².